The van der Waals surface area contributed by atoms with Crippen LogP contribution in [0.25, 0.3) is 0 Å². The van der Waals surface area contributed by atoms with E-state index < -0.39 is 18.3 Å². The third-order valence-corrected chi connectivity index (χ3v) is 4.29. The van der Waals surface area contributed by atoms with E-state index in [0.717, 1.165) is 5.17 Å². The lowest BCUT2D eigenvalue weighted by Crippen LogP contribution is -2.55. The van der Waals surface area contributed by atoms with Gasteiger partial charge in [0.05, 0.1) is 6.10 Å². The van der Waals surface area contributed by atoms with Crippen molar-refractivity contribution in [2.24, 2.45) is 10.7 Å². The summed E-state index contributed by atoms with van der Waals surface area (Å²) in [4.78, 5) is 6.25. The molecule has 7 heteroatoms. The van der Waals surface area contributed by atoms with Crippen molar-refractivity contribution in [3.05, 3.63) is 0 Å². The van der Waals surface area contributed by atoms with Crippen molar-refractivity contribution in [1.82, 2.24) is 4.90 Å². The van der Waals surface area contributed by atoms with Gasteiger partial charge in [-0.15, -0.1) is 0 Å². The van der Waals surface area contributed by atoms with Gasteiger partial charge in [-0.1, -0.05) is 11.8 Å². The topological polar surface area (TPSA) is 91.3 Å². The summed E-state index contributed by atoms with van der Waals surface area (Å²) in [5.74, 6) is 0. The molecule has 0 aliphatic carbocycles. The van der Waals surface area contributed by atoms with Crippen molar-refractivity contribution in [3.8, 4) is 0 Å². The van der Waals surface area contributed by atoms with Crippen molar-refractivity contribution < 1.29 is 14.9 Å². The first-order chi connectivity index (χ1) is 8.04. The second-order valence-corrected chi connectivity index (χ2v) is 5.58. The van der Waals surface area contributed by atoms with Crippen LogP contribution < -0.4 is 5.73 Å². The van der Waals surface area contributed by atoms with Crippen molar-refractivity contribution in [2.75, 3.05) is 20.6 Å². The fourth-order valence-electron chi connectivity index (χ4n) is 2.04. The Morgan fingerprint density at radius 1 is 1.41 bits per heavy atom. The number of nitrogens with zero attached hydrogens (tertiary/aromatic N) is 2. The molecule has 0 saturated carbocycles. The van der Waals surface area contributed by atoms with Crippen LogP contribution in [0.1, 0.15) is 6.42 Å². The van der Waals surface area contributed by atoms with Gasteiger partial charge in [0.2, 0.25) is 0 Å². The highest BCUT2D eigenvalue weighted by Crippen LogP contribution is 2.37. The molecule has 2 aliphatic heterocycles. The molecule has 0 spiro atoms. The summed E-state index contributed by atoms with van der Waals surface area (Å²) in [6.45, 7) is 0.428. The van der Waals surface area contributed by atoms with E-state index in [-0.39, 0.29) is 11.5 Å². The van der Waals surface area contributed by atoms with Crippen LogP contribution in [0.4, 0.5) is 0 Å². The van der Waals surface area contributed by atoms with Crippen LogP contribution in [-0.2, 0) is 4.74 Å². The number of aliphatic hydroxyl groups excluding tert-OH is 2. The van der Waals surface area contributed by atoms with Gasteiger partial charge in [-0.2, -0.15) is 0 Å². The van der Waals surface area contributed by atoms with Crippen LogP contribution >= 0.6 is 11.8 Å². The molecule has 2 heterocycles. The number of hydrogen-bond acceptors (Lipinski definition) is 7. The highest BCUT2D eigenvalue weighted by Gasteiger charge is 2.48. The van der Waals surface area contributed by atoms with Gasteiger partial charge in [-0.25, -0.2) is 0 Å². The van der Waals surface area contributed by atoms with Gasteiger partial charge in [0.25, 0.3) is 0 Å². The van der Waals surface area contributed by atoms with Crippen LogP contribution in [0, 0.1) is 0 Å². The molecule has 1 saturated heterocycles. The Balaban J connectivity index is 2.10. The van der Waals surface area contributed by atoms with Crippen LogP contribution in [0.2, 0.25) is 0 Å². The fourth-order valence-corrected chi connectivity index (χ4v) is 3.20. The average Bonchev–Trinajstić information content (AvgIpc) is 2.70. The van der Waals surface area contributed by atoms with Crippen LogP contribution in [0.5, 0.6) is 0 Å². The molecule has 5 atom stereocenters. The summed E-state index contributed by atoms with van der Waals surface area (Å²) < 4.78 is 5.75. The van der Waals surface area contributed by atoms with E-state index in [1.54, 1.807) is 0 Å². The number of aliphatic hydroxyl groups is 2. The van der Waals surface area contributed by atoms with Crippen LogP contribution in [0.15, 0.2) is 4.99 Å². The summed E-state index contributed by atoms with van der Waals surface area (Å²) >= 11 is 1.48. The minimum Gasteiger partial charge on any atom is -0.388 e. The van der Waals surface area contributed by atoms with Crippen LogP contribution in [-0.4, -0.2) is 70.7 Å². The van der Waals surface area contributed by atoms with Crippen molar-refractivity contribution in [1.29, 1.82) is 0 Å². The molecule has 0 unspecified atom stereocenters. The van der Waals surface area contributed by atoms with Gasteiger partial charge in [-0.05, 0) is 13.0 Å². The predicted molar refractivity (Wildman–Crippen MR) is 66.8 cm³/mol. The summed E-state index contributed by atoms with van der Waals surface area (Å²) in [5.41, 5.74) is 5.24. The summed E-state index contributed by atoms with van der Waals surface area (Å²) in [5, 5.41) is 20.8. The Kier molecular flexibility index (Phi) is 3.94. The van der Waals surface area contributed by atoms with Crippen LogP contribution in [0.3, 0.4) is 0 Å². The molecule has 2 rings (SSSR count). The molecule has 0 amide bonds. The monoisotopic (exact) mass is 261 g/mol. The number of thioether (sulfide) groups is 1. The van der Waals surface area contributed by atoms with E-state index >= 15 is 0 Å². The number of ether oxygens (including phenoxy) is 1. The van der Waals surface area contributed by atoms with E-state index in [4.69, 9.17) is 10.5 Å². The minimum absolute atomic E-state index is 0.220. The van der Waals surface area contributed by atoms with Gasteiger partial charge in [0.15, 0.2) is 5.17 Å². The second-order valence-electron chi connectivity index (χ2n) is 4.52. The number of aliphatic imine (C=N–C) groups is 1. The Bertz CT molecular complexity index is 313. The van der Waals surface area contributed by atoms with Crippen molar-refractivity contribution >= 4 is 16.9 Å². The smallest absolute Gasteiger partial charge is 0.161 e. The lowest BCUT2D eigenvalue weighted by atomic mass is 9.96. The van der Waals surface area contributed by atoms with E-state index in [0.29, 0.717) is 13.0 Å². The molecular formula is C10H19N3O3S. The second kappa shape index (κ2) is 5.11. The number of nitrogens with two attached hydrogens (primary N) is 1. The zero-order chi connectivity index (χ0) is 12.6. The Labute approximate surface area is 105 Å². The molecule has 0 bridgehead atoms. The fraction of sp³-hybridized carbons (Fsp3) is 0.900. The molecule has 98 valence electrons. The lowest BCUT2D eigenvalue weighted by Gasteiger charge is -2.38. The number of rotatable bonds is 2. The summed E-state index contributed by atoms with van der Waals surface area (Å²) in [6, 6.07) is -0.388. The normalized spacial score (nSPS) is 41.0. The molecule has 0 aromatic heterocycles. The SMILES string of the molecule is CN(C)C1=N[C@@H]2[C@@H](O)[C@H](O)[C@@H](CCN)O[C@@H]2S1. The third-order valence-electron chi connectivity index (χ3n) is 2.98. The van der Waals surface area contributed by atoms with E-state index in [2.05, 4.69) is 4.99 Å². The highest BCUT2D eigenvalue weighted by atomic mass is 32.2. The van der Waals surface area contributed by atoms with Gasteiger partial charge in [-0.3, -0.25) is 4.99 Å². The Morgan fingerprint density at radius 3 is 2.71 bits per heavy atom. The zero-order valence-electron chi connectivity index (χ0n) is 9.98. The average molecular weight is 261 g/mol. The first-order valence-corrected chi connectivity index (χ1v) is 6.56. The number of fused-ring (bicyclic) bond motifs is 1. The Hall–Kier alpha value is -0.340. The molecule has 1 fully saturated rings. The maximum Gasteiger partial charge on any atom is 0.161 e. The first kappa shape index (κ1) is 13.1. The van der Waals surface area contributed by atoms with Gasteiger partial charge in [0.1, 0.15) is 23.7 Å². The molecular weight excluding hydrogens is 242 g/mol. The quantitative estimate of drug-likeness (QED) is 0.579. The van der Waals surface area contributed by atoms with Crippen molar-refractivity contribution in [3.63, 3.8) is 0 Å². The number of hydrogen-bond donors (Lipinski definition) is 3. The first-order valence-electron chi connectivity index (χ1n) is 5.68. The minimum atomic E-state index is -0.911. The highest BCUT2D eigenvalue weighted by molar-refractivity contribution is 8.14. The lowest BCUT2D eigenvalue weighted by molar-refractivity contribution is -0.153. The summed E-state index contributed by atoms with van der Waals surface area (Å²) in [7, 11) is 3.78. The molecule has 0 aromatic carbocycles. The molecule has 6 nitrogen and oxygen atoms in total. The molecule has 2 aliphatic rings. The molecule has 0 radical (unpaired) electrons. The van der Waals surface area contributed by atoms with E-state index in [1.165, 1.54) is 11.8 Å². The van der Waals surface area contributed by atoms with Gasteiger partial charge >= 0.3 is 0 Å². The zero-order valence-corrected chi connectivity index (χ0v) is 10.8. The van der Waals surface area contributed by atoms with Gasteiger partial charge in [0, 0.05) is 14.1 Å². The third kappa shape index (κ3) is 2.43. The van der Waals surface area contributed by atoms with Gasteiger partial charge < -0.3 is 25.6 Å². The molecule has 17 heavy (non-hydrogen) atoms. The molecule has 4 N–H and O–H groups in total. The summed E-state index contributed by atoms with van der Waals surface area (Å²) in [6.07, 6.45) is -1.65. The standard InChI is InChI=1S/C10H19N3O3S/c1-13(2)10-12-6-8(15)7(14)5(3-4-11)16-9(6)17-10/h5-9,14-15H,3-4,11H2,1-2H3/t5-,6-,7-,8-,9-/m1/s1. The Morgan fingerprint density at radius 2 is 2.12 bits per heavy atom. The molecule has 0 aromatic rings. The van der Waals surface area contributed by atoms with E-state index in [1.807, 2.05) is 19.0 Å². The maximum absolute atomic E-state index is 10.0. The maximum atomic E-state index is 10.0. The number of amidine groups is 1. The van der Waals surface area contributed by atoms with E-state index in [9.17, 15) is 10.2 Å². The largest absolute Gasteiger partial charge is 0.388 e. The van der Waals surface area contributed by atoms with Crippen molar-refractivity contribution in [2.45, 2.75) is 36.2 Å². The predicted octanol–water partition coefficient (Wildman–Crippen LogP) is -1.19.